The van der Waals surface area contributed by atoms with E-state index in [2.05, 4.69) is 20.6 Å². The topological polar surface area (TPSA) is 79.4 Å². The first kappa shape index (κ1) is 17.5. The Morgan fingerprint density at radius 2 is 1.96 bits per heavy atom. The van der Waals surface area contributed by atoms with E-state index in [-0.39, 0.29) is 29.9 Å². The molecule has 0 bridgehead atoms. The Labute approximate surface area is 157 Å². The Hall–Kier alpha value is -2.90. The Morgan fingerprint density at radius 1 is 1.26 bits per heavy atom. The molecule has 1 aromatic carbocycles. The highest BCUT2D eigenvalue weighted by Crippen LogP contribution is 2.33. The van der Waals surface area contributed by atoms with Gasteiger partial charge in [-0.2, -0.15) is 4.98 Å². The van der Waals surface area contributed by atoms with Crippen molar-refractivity contribution in [3.05, 3.63) is 35.8 Å². The summed E-state index contributed by atoms with van der Waals surface area (Å²) in [5, 5.41) is 6.21. The van der Waals surface area contributed by atoms with E-state index in [1.807, 2.05) is 25.8 Å². The molecule has 1 fully saturated rings. The lowest BCUT2D eigenvalue weighted by Gasteiger charge is -2.36. The first-order valence-corrected chi connectivity index (χ1v) is 9.02. The van der Waals surface area contributed by atoms with Gasteiger partial charge in [0.05, 0.1) is 5.69 Å². The van der Waals surface area contributed by atoms with Gasteiger partial charge < -0.3 is 20.3 Å². The second-order valence-corrected chi connectivity index (χ2v) is 7.11. The van der Waals surface area contributed by atoms with Crippen LogP contribution in [-0.4, -0.2) is 41.1 Å². The number of carbonyl (C=O) groups excluding carboxylic acids is 1. The minimum atomic E-state index is -0.281. The van der Waals surface area contributed by atoms with E-state index in [1.165, 1.54) is 12.1 Å². The molecule has 0 spiro atoms. The number of carbonyl (C=O) groups is 1. The second-order valence-electron chi connectivity index (χ2n) is 7.11. The highest BCUT2D eigenvalue weighted by atomic mass is 19.1. The fourth-order valence-electron chi connectivity index (χ4n) is 3.28. The number of benzene rings is 1. The molecule has 0 unspecified atom stereocenters. The highest BCUT2D eigenvalue weighted by molar-refractivity contribution is 6.03. The van der Waals surface area contributed by atoms with E-state index in [0.717, 1.165) is 24.4 Å². The van der Waals surface area contributed by atoms with Crippen LogP contribution in [0.15, 0.2) is 24.3 Å². The van der Waals surface area contributed by atoms with Gasteiger partial charge in [-0.15, -0.1) is 0 Å². The third-order valence-electron chi connectivity index (χ3n) is 5.16. The molecule has 7 nitrogen and oxygen atoms in total. The molecule has 0 saturated heterocycles. The molecule has 0 radical (unpaired) electrons. The van der Waals surface area contributed by atoms with Crippen LogP contribution in [0.5, 0.6) is 5.75 Å². The normalized spacial score (nSPS) is 23.9. The van der Waals surface area contributed by atoms with Crippen LogP contribution in [0.25, 0.3) is 0 Å². The van der Waals surface area contributed by atoms with Gasteiger partial charge in [-0.1, -0.05) is 0 Å². The summed E-state index contributed by atoms with van der Waals surface area (Å²) in [4.78, 5) is 22.9. The van der Waals surface area contributed by atoms with Crippen LogP contribution in [0, 0.1) is 12.7 Å². The summed E-state index contributed by atoms with van der Waals surface area (Å²) >= 11 is 0. The number of hydrogen-bond acceptors (Lipinski definition) is 6. The Kier molecular flexibility index (Phi) is 4.33. The molecule has 142 valence electrons. The summed E-state index contributed by atoms with van der Waals surface area (Å²) in [6.07, 6.45) is 1.73. The molecule has 1 amide bonds. The number of anilines is 3. The standard InChI is InChI=1S/C19H22FN5O2/c1-10-16-17(25(3)11(2)18(26)23-16)24-19(21-10)22-13-8-15(9-13)27-14-6-4-12(20)5-7-14/h4-7,11,13,15H,8-9H2,1-3H3,(H,23,26)(H,21,22,24)/t11-,13-,15-/m0/s1. The molecular formula is C19H22FN5O2. The summed E-state index contributed by atoms with van der Waals surface area (Å²) < 4.78 is 18.8. The van der Waals surface area contributed by atoms with Crippen LogP contribution in [0.4, 0.5) is 21.8 Å². The molecule has 1 saturated carbocycles. The van der Waals surface area contributed by atoms with Crippen LogP contribution in [-0.2, 0) is 4.79 Å². The molecule has 2 N–H and O–H groups in total. The van der Waals surface area contributed by atoms with Crippen molar-refractivity contribution in [3.8, 4) is 5.75 Å². The van der Waals surface area contributed by atoms with Gasteiger partial charge in [-0.3, -0.25) is 4.79 Å². The lowest BCUT2D eigenvalue weighted by molar-refractivity contribution is -0.117. The summed E-state index contributed by atoms with van der Waals surface area (Å²) in [5.41, 5.74) is 1.39. The number of aromatic nitrogens is 2. The third kappa shape index (κ3) is 3.39. The molecule has 1 atom stereocenters. The average Bonchev–Trinajstić information content (AvgIpc) is 2.61. The number of hydrogen-bond donors (Lipinski definition) is 2. The number of rotatable bonds is 4. The average molecular weight is 371 g/mol. The molecule has 2 aliphatic rings. The van der Waals surface area contributed by atoms with Gasteiger partial charge >= 0.3 is 0 Å². The quantitative estimate of drug-likeness (QED) is 0.860. The molecule has 8 heteroatoms. The Balaban J connectivity index is 1.39. The van der Waals surface area contributed by atoms with Gasteiger partial charge in [-0.05, 0) is 38.1 Å². The van der Waals surface area contributed by atoms with Crippen molar-refractivity contribution in [1.29, 1.82) is 0 Å². The molecule has 4 rings (SSSR count). The van der Waals surface area contributed by atoms with Crippen molar-refractivity contribution < 1.29 is 13.9 Å². The molecule has 1 aliphatic carbocycles. The van der Waals surface area contributed by atoms with Gasteiger partial charge in [-0.25, -0.2) is 9.37 Å². The van der Waals surface area contributed by atoms with E-state index in [9.17, 15) is 9.18 Å². The predicted molar refractivity (Wildman–Crippen MR) is 101 cm³/mol. The number of nitrogens with zero attached hydrogens (tertiary/aromatic N) is 3. The minimum Gasteiger partial charge on any atom is -0.490 e. The Bertz CT molecular complexity index is 867. The molecule has 1 aromatic heterocycles. The third-order valence-corrected chi connectivity index (χ3v) is 5.16. The first-order chi connectivity index (χ1) is 12.9. The van der Waals surface area contributed by atoms with Crippen LogP contribution in [0.2, 0.25) is 0 Å². The molecule has 1 aliphatic heterocycles. The van der Waals surface area contributed by atoms with Crippen molar-refractivity contribution in [2.75, 3.05) is 22.6 Å². The van der Waals surface area contributed by atoms with Gasteiger partial charge in [0.2, 0.25) is 11.9 Å². The Morgan fingerprint density at radius 3 is 2.67 bits per heavy atom. The van der Waals surface area contributed by atoms with Crippen molar-refractivity contribution in [1.82, 2.24) is 9.97 Å². The molecule has 2 aromatic rings. The zero-order chi connectivity index (χ0) is 19.1. The highest BCUT2D eigenvalue weighted by Gasteiger charge is 2.33. The summed E-state index contributed by atoms with van der Waals surface area (Å²) in [7, 11) is 1.86. The summed E-state index contributed by atoms with van der Waals surface area (Å²) in [6.45, 7) is 3.70. The number of ether oxygens (including phenoxy) is 1. The number of amides is 1. The number of likely N-dealkylation sites (N-methyl/N-ethyl adjacent to an activating group) is 1. The number of aryl methyl sites for hydroxylation is 1. The van der Waals surface area contributed by atoms with Crippen LogP contribution in [0.3, 0.4) is 0 Å². The fourth-order valence-corrected chi connectivity index (χ4v) is 3.28. The second kappa shape index (κ2) is 6.68. The van der Waals surface area contributed by atoms with E-state index in [1.54, 1.807) is 12.1 Å². The first-order valence-electron chi connectivity index (χ1n) is 9.02. The van der Waals surface area contributed by atoms with Crippen LogP contribution < -0.4 is 20.3 Å². The van der Waals surface area contributed by atoms with Crippen LogP contribution in [0.1, 0.15) is 25.5 Å². The van der Waals surface area contributed by atoms with Crippen molar-refractivity contribution >= 4 is 23.4 Å². The zero-order valence-electron chi connectivity index (χ0n) is 15.5. The summed E-state index contributed by atoms with van der Waals surface area (Å²) in [6, 6.07) is 5.99. The summed E-state index contributed by atoms with van der Waals surface area (Å²) in [5.74, 6) is 1.61. The minimum absolute atomic E-state index is 0.0582. The lowest BCUT2D eigenvalue weighted by Crippen LogP contribution is -2.45. The van der Waals surface area contributed by atoms with Gasteiger partial charge in [0.1, 0.15) is 29.4 Å². The number of nitrogens with one attached hydrogen (secondary N) is 2. The van der Waals surface area contributed by atoms with Gasteiger partial charge in [0, 0.05) is 25.9 Å². The maximum absolute atomic E-state index is 12.9. The zero-order valence-corrected chi connectivity index (χ0v) is 15.5. The van der Waals surface area contributed by atoms with Gasteiger partial charge in [0.25, 0.3) is 0 Å². The number of fused-ring (bicyclic) bond motifs is 1. The SMILES string of the molecule is Cc1nc(N[C@H]2C[C@H](Oc3ccc(F)cc3)C2)nc2c1NC(=O)[C@H](C)N2C. The predicted octanol–water partition coefficient (Wildman–Crippen LogP) is 2.72. The van der Waals surface area contributed by atoms with Crippen molar-refractivity contribution in [2.45, 2.75) is 44.9 Å². The maximum Gasteiger partial charge on any atom is 0.246 e. The molecular weight excluding hydrogens is 349 g/mol. The van der Waals surface area contributed by atoms with E-state index < -0.39 is 0 Å². The molecule has 27 heavy (non-hydrogen) atoms. The van der Waals surface area contributed by atoms with E-state index >= 15 is 0 Å². The van der Waals surface area contributed by atoms with E-state index in [0.29, 0.717) is 17.4 Å². The van der Waals surface area contributed by atoms with Gasteiger partial charge in [0.15, 0.2) is 5.82 Å². The number of halogens is 1. The lowest BCUT2D eigenvalue weighted by atomic mass is 9.89. The maximum atomic E-state index is 12.9. The molecule has 2 heterocycles. The van der Waals surface area contributed by atoms with Crippen molar-refractivity contribution in [3.63, 3.8) is 0 Å². The largest absolute Gasteiger partial charge is 0.490 e. The van der Waals surface area contributed by atoms with Crippen LogP contribution >= 0.6 is 0 Å². The van der Waals surface area contributed by atoms with Crippen molar-refractivity contribution in [2.24, 2.45) is 0 Å². The fraction of sp³-hybridized carbons (Fsp3) is 0.421. The monoisotopic (exact) mass is 371 g/mol. The van der Waals surface area contributed by atoms with E-state index in [4.69, 9.17) is 4.74 Å². The smallest absolute Gasteiger partial charge is 0.246 e.